The lowest BCUT2D eigenvalue weighted by Crippen LogP contribution is -1.91. The van der Waals surface area contributed by atoms with E-state index in [1.807, 2.05) is 0 Å². The average Bonchev–Trinajstić information content (AvgIpc) is 2.48. The van der Waals surface area contributed by atoms with Crippen molar-refractivity contribution in [2.75, 3.05) is 0 Å². The van der Waals surface area contributed by atoms with E-state index in [1.54, 1.807) is 6.08 Å². The van der Waals surface area contributed by atoms with Gasteiger partial charge in [0.25, 0.3) is 0 Å². The van der Waals surface area contributed by atoms with Gasteiger partial charge in [-0.1, -0.05) is 0 Å². The van der Waals surface area contributed by atoms with Crippen LogP contribution in [0.4, 0.5) is 0 Å². The summed E-state index contributed by atoms with van der Waals surface area (Å²) >= 11 is 1.29. The van der Waals surface area contributed by atoms with Gasteiger partial charge in [0.1, 0.15) is 6.29 Å². The van der Waals surface area contributed by atoms with Crippen LogP contribution in [-0.4, -0.2) is 17.4 Å². The van der Waals surface area contributed by atoms with E-state index >= 15 is 0 Å². The van der Waals surface area contributed by atoms with Gasteiger partial charge in [0, 0.05) is 10.3 Å². The number of carboxylic acids is 1. The molecule has 0 spiro atoms. The standard InChI is InChI=1S/C8H6O3S/c9-3-1-2-7-4-6(5-12-7)8(10)11/h1-5H,(H,10,11). The molecule has 0 aliphatic rings. The van der Waals surface area contributed by atoms with Crippen LogP contribution >= 0.6 is 11.3 Å². The van der Waals surface area contributed by atoms with Gasteiger partial charge in [-0.05, 0) is 18.2 Å². The molecule has 0 saturated heterocycles. The van der Waals surface area contributed by atoms with Gasteiger partial charge in [0.15, 0.2) is 0 Å². The molecule has 62 valence electrons. The van der Waals surface area contributed by atoms with E-state index in [1.165, 1.54) is 28.9 Å². The van der Waals surface area contributed by atoms with E-state index in [-0.39, 0.29) is 5.56 Å². The number of hydrogen-bond acceptors (Lipinski definition) is 3. The molecule has 0 aromatic carbocycles. The maximum Gasteiger partial charge on any atom is 0.336 e. The van der Waals surface area contributed by atoms with Crippen molar-refractivity contribution in [3.63, 3.8) is 0 Å². The molecule has 0 amide bonds. The summed E-state index contributed by atoms with van der Waals surface area (Å²) < 4.78 is 0. The Morgan fingerprint density at radius 3 is 2.83 bits per heavy atom. The van der Waals surface area contributed by atoms with Crippen LogP contribution in [0.25, 0.3) is 6.08 Å². The Morgan fingerprint density at radius 2 is 2.33 bits per heavy atom. The molecule has 0 atom stereocenters. The van der Waals surface area contributed by atoms with E-state index in [0.717, 1.165) is 4.88 Å². The van der Waals surface area contributed by atoms with Crippen LogP contribution in [0.3, 0.4) is 0 Å². The molecule has 1 heterocycles. The van der Waals surface area contributed by atoms with Gasteiger partial charge in [-0.25, -0.2) is 4.79 Å². The zero-order chi connectivity index (χ0) is 8.97. The lowest BCUT2D eigenvalue weighted by molar-refractivity contribution is -0.104. The minimum Gasteiger partial charge on any atom is -0.478 e. The zero-order valence-corrected chi connectivity index (χ0v) is 6.88. The Morgan fingerprint density at radius 1 is 1.58 bits per heavy atom. The van der Waals surface area contributed by atoms with Crippen LogP contribution in [0.5, 0.6) is 0 Å². The monoisotopic (exact) mass is 182 g/mol. The number of thiophene rings is 1. The molecular formula is C8H6O3S. The molecular weight excluding hydrogens is 176 g/mol. The number of carboxylic acid groups (broad SMARTS) is 1. The first kappa shape index (κ1) is 8.67. The van der Waals surface area contributed by atoms with Crippen LogP contribution in [0.2, 0.25) is 0 Å². The number of allylic oxidation sites excluding steroid dienone is 1. The van der Waals surface area contributed by atoms with Crippen molar-refractivity contribution >= 4 is 29.7 Å². The third kappa shape index (κ3) is 2.03. The van der Waals surface area contributed by atoms with Gasteiger partial charge >= 0.3 is 5.97 Å². The molecule has 0 saturated carbocycles. The van der Waals surface area contributed by atoms with E-state index < -0.39 is 5.97 Å². The molecule has 0 radical (unpaired) electrons. The van der Waals surface area contributed by atoms with Gasteiger partial charge in [0.05, 0.1) is 5.56 Å². The quantitative estimate of drug-likeness (QED) is 0.571. The summed E-state index contributed by atoms with van der Waals surface area (Å²) in [5, 5.41) is 10.1. The fourth-order valence-electron chi connectivity index (χ4n) is 0.686. The molecule has 12 heavy (non-hydrogen) atoms. The molecule has 1 aromatic rings. The molecule has 0 unspecified atom stereocenters. The van der Waals surface area contributed by atoms with Gasteiger partial charge < -0.3 is 5.11 Å². The van der Waals surface area contributed by atoms with Crippen LogP contribution < -0.4 is 0 Å². The second kappa shape index (κ2) is 3.82. The number of aldehydes is 1. The molecule has 4 heteroatoms. The lowest BCUT2D eigenvalue weighted by atomic mass is 10.3. The van der Waals surface area contributed by atoms with Crippen molar-refractivity contribution in [2.45, 2.75) is 0 Å². The molecule has 1 rings (SSSR count). The van der Waals surface area contributed by atoms with E-state index in [2.05, 4.69) is 0 Å². The topological polar surface area (TPSA) is 54.4 Å². The lowest BCUT2D eigenvalue weighted by Gasteiger charge is -1.81. The van der Waals surface area contributed by atoms with Crippen molar-refractivity contribution in [3.05, 3.63) is 28.0 Å². The Bertz CT molecular complexity index is 325. The van der Waals surface area contributed by atoms with E-state index in [0.29, 0.717) is 6.29 Å². The minimum absolute atomic E-state index is 0.255. The number of hydrogen-bond donors (Lipinski definition) is 1. The van der Waals surface area contributed by atoms with Crippen molar-refractivity contribution < 1.29 is 14.7 Å². The van der Waals surface area contributed by atoms with Crippen LogP contribution in [0.1, 0.15) is 15.2 Å². The molecule has 0 aliphatic carbocycles. The second-order valence-corrected chi connectivity index (χ2v) is 2.98. The summed E-state index contributed by atoms with van der Waals surface area (Å²) in [5.41, 5.74) is 0.255. The highest BCUT2D eigenvalue weighted by Gasteiger charge is 2.03. The Hall–Kier alpha value is -1.42. The highest BCUT2D eigenvalue weighted by molar-refractivity contribution is 7.11. The first-order valence-corrected chi connectivity index (χ1v) is 4.05. The van der Waals surface area contributed by atoms with Crippen LogP contribution in [-0.2, 0) is 4.79 Å². The molecule has 0 aliphatic heterocycles. The Labute approximate surface area is 73.0 Å². The molecule has 1 aromatic heterocycles. The molecule has 3 nitrogen and oxygen atoms in total. The normalized spacial score (nSPS) is 10.3. The number of rotatable bonds is 3. The molecule has 1 N–H and O–H groups in total. The first-order chi connectivity index (χ1) is 5.74. The van der Waals surface area contributed by atoms with Crippen LogP contribution in [0.15, 0.2) is 17.5 Å². The van der Waals surface area contributed by atoms with Gasteiger partial charge in [-0.3, -0.25) is 4.79 Å². The van der Waals surface area contributed by atoms with Crippen LogP contribution in [0, 0.1) is 0 Å². The minimum atomic E-state index is -0.947. The predicted molar refractivity (Wildman–Crippen MR) is 46.4 cm³/mol. The highest BCUT2D eigenvalue weighted by atomic mass is 32.1. The fraction of sp³-hybridized carbons (Fsp3) is 0. The van der Waals surface area contributed by atoms with Gasteiger partial charge in [0.2, 0.25) is 0 Å². The Kier molecular flexibility index (Phi) is 2.76. The van der Waals surface area contributed by atoms with E-state index in [9.17, 15) is 9.59 Å². The maximum absolute atomic E-state index is 10.4. The number of aromatic carboxylic acids is 1. The van der Waals surface area contributed by atoms with E-state index in [4.69, 9.17) is 5.11 Å². The number of carbonyl (C=O) groups excluding carboxylic acids is 1. The summed E-state index contributed by atoms with van der Waals surface area (Å²) in [6.07, 6.45) is 3.56. The summed E-state index contributed by atoms with van der Waals surface area (Å²) in [6.45, 7) is 0. The summed E-state index contributed by atoms with van der Waals surface area (Å²) in [6, 6.07) is 1.52. The van der Waals surface area contributed by atoms with Crippen molar-refractivity contribution in [2.24, 2.45) is 0 Å². The Balaban J connectivity index is 2.84. The summed E-state index contributed by atoms with van der Waals surface area (Å²) in [5.74, 6) is -0.947. The van der Waals surface area contributed by atoms with Gasteiger partial charge in [-0.2, -0.15) is 0 Å². The summed E-state index contributed by atoms with van der Waals surface area (Å²) in [7, 11) is 0. The maximum atomic E-state index is 10.4. The third-order valence-corrected chi connectivity index (χ3v) is 2.10. The predicted octanol–water partition coefficient (Wildman–Crippen LogP) is 1.66. The molecule has 0 fully saturated rings. The van der Waals surface area contributed by atoms with Crippen molar-refractivity contribution in [1.82, 2.24) is 0 Å². The highest BCUT2D eigenvalue weighted by Crippen LogP contribution is 2.15. The number of carbonyl (C=O) groups is 2. The summed E-state index contributed by atoms with van der Waals surface area (Å²) in [4.78, 5) is 21.1. The third-order valence-electron chi connectivity index (χ3n) is 1.21. The first-order valence-electron chi connectivity index (χ1n) is 3.17. The van der Waals surface area contributed by atoms with Gasteiger partial charge in [-0.15, -0.1) is 11.3 Å². The van der Waals surface area contributed by atoms with Crippen molar-refractivity contribution in [3.8, 4) is 0 Å². The average molecular weight is 182 g/mol. The zero-order valence-electron chi connectivity index (χ0n) is 6.06. The van der Waals surface area contributed by atoms with Crippen molar-refractivity contribution in [1.29, 1.82) is 0 Å². The SMILES string of the molecule is O=CC=Cc1cc(C(=O)O)cs1. The largest absolute Gasteiger partial charge is 0.478 e. The molecule has 0 bridgehead atoms. The fourth-order valence-corrected chi connectivity index (χ4v) is 1.47. The second-order valence-electron chi connectivity index (χ2n) is 2.04. The smallest absolute Gasteiger partial charge is 0.336 e.